The van der Waals surface area contributed by atoms with E-state index in [1.807, 2.05) is 18.0 Å². The van der Waals surface area contributed by atoms with Crippen LogP contribution in [0.15, 0.2) is 6.07 Å². The van der Waals surface area contributed by atoms with Gasteiger partial charge in [-0.1, -0.05) is 0 Å². The molecule has 1 aliphatic carbocycles. The largest absolute Gasteiger partial charge is 0.333 e. The molecule has 1 saturated heterocycles. The number of nitrogens with zero attached hydrogens (tertiary/aromatic N) is 2. The predicted molar refractivity (Wildman–Crippen MR) is 68.5 cm³/mol. The molecule has 3 rings (SSSR count). The van der Waals surface area contributed by atoms with Crippen LogP contribution in [0.3, 0.4) is 0 Å². The molecule has 0 spiro atoms. The van der Waals surface area contributed by atoms with Crippen molar-refractivity contribution in [3.8, 4) is 0 Å². The van der Waals surface area contributed by atoms with Crippen LogP contribution in [0.5, 0.6) is 0 Å². The highest BCUT2D eigenvalue weighted by atomic mass is 16.2. The monoisotopic (exact) mass is 248 g/mol. The van der Waals surface area contributed by atoms with E-state index in [1.165, 1.54) is 12.8 Å². The topological polar surface area (TPSA) is 61.0 Å². The molecule has 18 heavy (non-hydrogen) atoms. The second kappa shape index (κ2) is 4.72. The third-order valence-corrected chi connectivity index (χ3v) is 3.91. The lowest BCUT2D eigenvalue weighted by Crippen LogP contribution is -2.41. The van der Waals surface area contributed by atoms with E-state index in [0.29, 0.717) is 17.7 Å². The van der Waals surface area contributed by atoms with Crippen LogP contribution in [0.2, 0.25) is 0 Å². The second-order valence-corrected chi connectivity index (χ2v) is 5.34. The maximum atomic E-state index is 12.4. The Bertz CT molecular complexity index is 438. The maximum Gasteiger partial charge on any atom is 0.274 e. The van der Waals surface area contributed by atoms with Crippen molar-refractivity contribution in [2.24, 2.45) is 0 Å². The minimum Gasteiger partial charge on any atom is -0.333 e. The van der Waals surface area contributed by atoms with Gasteiger partial charge in [0.2, 0.25) is 0 Å². The van der Waals surface area contributed by atoms with Crippen LogP contribution in [0.25, 0.3) is 0 Å². The predicted octanol–water partition coefficient (Wildman–Crippen LogP) is 1.11. The molecule has 0 radical (unpaired) electrons. The fourth-order valence-electron chi connectivity index (χ4n) is 2.75. The summed E-state index contributed by atoms with van der Waals surface area (Å²) in [6, 6.07) is 2.26. The third-order valence-electron chi connectivity index (χ3n) is 3.91. The summed E-state index contributed by atoms with van der Waals surface area (Å²) in [5.41, 5.74) is 1.71. The van der Waals surface area contributed by atoms with Gasteiger partial charge in [-0.25, -0.2) is 0 Å². The zero-order chi connectivity index (χ0) is 12.5. The van der Waals surface area contributed by atoms with Gasteiger partial charge in [0.25, 0.3) is 5.91 Å². The molecule has 1 aromatic heterocycles. The minimum absolute atomic E-state index is 0.0795. The summed E-state index contributed by atoms with van der Waals surface area (Å²) in [4.78, 5) is 14.4. The summed E-state index contributed by atoms with van der Waals surface area (Å²) in [7, 11) is 1.93. The average molecular weight is 248 g/mol. The van der Waals surface area contributed by atoms with Gasteiger partial charge in [-0.3, -0.25) is 9.89 Å². The van der Waals surface area contributed by atoms with E-state index in [9.17, 15) is 4.79 Å². The number of hydrogen-bond donors (Lipinski definition) is 2. The Kier molecular flexibility index (Phi) is 3.07. The lowest BCUT2D eigenvalue weighted by molar-refractivity contribution is 0.0731. The van der Waals surface area contributed by atoms with Gasteiger partial charge in [0.05, 0.1) is 0 Å². The number of rotatable bonds is 4. The van der Waals surface area contributed by atoms with E-state index in [2.05, 4.69) is 15.5 Å². The Morgan fingerprint density at radius 3 is 3.11 bits per heavy atom. The first-order valence-corrected chi connectivity index (χ1v) is 6.80. The van der Waals surface area contributed by atoms with Crippen LogP contribution >= 0.6 is 0 Å². The van der Waals surface area contributed by atoms with E-state index in [-0.39, 0.29) is 5.91 Å². The molecular weight excluding hydrogens is 228 g/mol. The number of likely N-dealkylation sites (tertiary alicyclic amines) is 1. The number of nitrogens with one attached hydrogen (secondary N) is 2. The van der Waals surface area contributed by atoms with Gasteiger partial charge in [-0.05, 0) is 38.8 Å². The molecule has 98 valence electrons. The highest BCUT2D eigenvalue weighted by molar-refractivity contribution is 5.92. The van der Waals surface area contributed by atoms with E-state index in [0.717, 1.165) is 31.6 Å². The van der Waals surface area contributed by atoms with E-state index < -0.39 is 0 Å². The highest BCUT2D eigenvalue weighted by Crippen LogP contribution is 2.39. The molecule has 1 aromatic rings. The van der Waals surface area contributed by atoms with E-state index >= 15 is 0 Å². The minimum atomic E-state index is 0.0795. The molecule has 5 nitrogen and oxygen atoms in total. The zero-order valence-corrected chi connectivity index (χ0v) is 10.8. The van der Waals surface area contributed by atoms with Gasteiger partial charge in [0, 0.05) is 30.7 Å². The number of hydrogen-bond acceptors (Lipinski definition) is 3. The summed E-state index contributed by atoms with van der Waals surface area (Å²) in [5.74, 6) is 0.696. The first kappa shape index (κ1) is 11.7. The lowest BCUT2D eigenvalue weighted by atomic mass is 10.2. The highest BCUT2D eigenvalue weighted by Gasteiger charge is 2.31. The molecule has 1 unspecified atom stereocenters. The zero-order valence-electron chi connectivity index (χ0n) is 10.8. The fraction of sp³-hybridized carbons (Fsp3) is 0.692. The molecule has 2 heterocycles. The molecule has 0 bridgehead atoms. The van der Waals surface area contributed by atoms with Crippen molar-refractivity contribution in [3.05, 3.63) is 17.5 Å². The van der Waals surface area contributed by atoms with Crippen LogP contribution in [0, 0.1) is 0 Å². The van der Waals surface area contributed by atoms with Crippen molar-refractivity contribution in [2.75, 3.05) is 20.1 Å². The SMILES string of the molecule is CNCC1CCCN1C(=O)c1cc(C2CC2)[nH]n1. The van der Waals surface area contributed by atoms with Crippen molar-refractivity contribution < 1.29 is 4.79 Å². The molecule has 5 heteroatoms. The van der Waals surface area contributed by atoms with Gasteiger partial charge in [0.15, 0.2) is 0 Å². The number of likely N-dealkylation sites (N-methyl/N-ethyl adjacent to an activating group) is 1. The number of aromatic amines is 1. The van der Waals surface area contributed by atoms with Gasteiger partial charge in [0.1, 0.15) is 5.69 Å². The van der Waals surface area contributed by atoms with Crippen LogP contribution in [0.4, 0.5) is 0 Å². The summed E-state index contributed by atoms with van der Waals surface area (Å²) in [6.45, 7) is 1.72. The summed E-state index contributed by atoms with van der Waals surface area (Å²) in [6.07, 6.45) is 4.63. The van der Waals surface area contributed by atoms with Gasteiger partial charge in [-0.15, -0.1) is 0 Å². The molecule has 0 aromatic carbocycles. The van der Waals surface area contributed by atoms with Crippen LogP contribution in [-0.2, 0) is 0 Å². The van der Waals surface area contributed by atoms with Gasteiger partial charge < -0.3 is 10.2 Å². The Hall–Kier alpha value is -1.36. The molecule has 2 aliphatic rings. The second-order valence-electron chi connectivity index (χ2n) is 5.34. The van der Waals surface area contributed by atoms with Crippen molar-refractivity contribution in [2.45, 2.75) is 37.6 Å². The molecule has 2 N–H and O–H groups in total. The maximum absolute atomic E-state index is 12.4. The average Bonchev–Trinajstić information content (AvgIpc) is 2.93. The number of amides is 1. The molecule has 1 amide bonds. The quantitative estimate of drug-likeness (QED) is 0.839. The fourth-order valence-corrected chi connectivity index (χ4v) is 2.75. The standard InChI is InChI=1S/C13H20N4O/c1-14-8-10-3-2-6-17(10)13(18)12-7-11(15-16-12)9-4-5-9/h7,9-10,14H,2-6,8H2,1H3,(H,15,16). The number of aromatic nitrogens is 2. The molecule has 1 atom stereocenters. The number of carbonyl (C=O) groups is 1. The van der Waals surface area contributed by atoms with Crippen LogP contribution in [0.1, 0.15) is 47.8 Å². The van der Waals surface area contributed by atoms with Gasteiger partial charge in [-0.2, -0.15) is 5.10 Å². The Balaban J connectivity index is 1.71. The van der Waals surface area contributed by atoms with Crippen molar-refractivity contribution in [1.82, 2.24) is 20.4 Å². The van der Waals surface area contributed by atoms with Crippen molar-refractivity contribution in [1.29, 1.82) is 0 Å². The Labute approximate surface area is 107 Å². The summed E-state index contributed by atoms with van der Waals surface area (Å²) >= 11 is 0. The summed E-state index contributed by atoms with van der Waals surface area (Å²) < 4.78 is 0. The first-order chi connectivity index (χ1) is 8.79. The van der Waals surface area contributed by atoms with Crippen LogP contribution in [-0.4, -0.2) is 47.2 Å². The Morgan fingerprint density at radius 2 is 2.39 bits per heavy atom. The van der Waals surface area contributed by atoms with E-state index in [4.69, 9.17) is 0 Å². The molecular formula is C13H20N4O. The molecule has 1 saturated carbocycles. The van der Waals surface area contributed by atoms with Crippen molar-refractivity contribution in [3.63, 3.8) is 0 Å². The van der Waals surface area contributed by atoms with E-state index in [1.54, 1.807) is 0 Å². The van der Waals surface area contributed by atoms with Crippen molar-refractivity contribution >= 4 is 5.91 Å². The lowest BCUT2D eigenvalue weighted by Gasteiger charge is -2.23. The normalized spacial score (nSPS) is 23.6. The van der Waals surface area contributed by atoms with Gasteiger partial charge >= 0.3 is 0 Å². The smallest absolute Gasteiger partial charge is 0.274 e. The number of carbonyl (C=O) groups excluding carboxylic acids is 1. The first-order valence-electron chi connectivity index (χ1n) is 6.80. The third kappa shape index (κ3) is 2.14. The Morgan fingerprint density at radius 1 is 1.56 bits per heavy atom. The molecule has 1 aliphatic heterocycles. The summed E-state index contributed by atoms with van der Waals surface area (Å²) in [5, 5.41) is 10.3. The number of H-pyrrole nitrogens is 1. The van der Waals surface area contributed by atoms with Crippen LogP contribution < -0.4 is 5.32 Å². The molecule has 2 fully saturated rings.